The molecule has 1 aromatic carbocycles. The molecule has 1 saturated heterocycles. The van der Waals surface area contributed by atoms with E-state index in [0.29, 0.717) is 4.90 Å². The minimum Gasteiger partial charge on any atom is -0.490 e. The minimum absolute atomic E-state index is 0.0330. The molecule has 1 aromatic rings. The molecule has 0 radical (unpaired) electrons. The topological polar surface area (TPSA) is 58.6 Å². The Hall–Kier alpha value is -1.11. The average Bonchev–Trinajstić information content (AvgIpc) is 3.03. The monoisotopic (exact) mass is 338 g/mol. The van der Waals surface area contributed by atoms with E-state index < -0.39 is 10.0 Å². The summed E-state index contributed by atoms with van der Waals surface area (Å²) >= 11 is 0. The lowest BCUT2D eigenvalue weighted by Crippen LogP contribution is -2.43. The molecule has 1 aliphatic heterocycles. The highest BCUT2D eigenvalue weighted by Crippen LogP contribution is 2.25. The quantitative estimate of drug-likeness (QED) is 0.895. The first-order valence-corrected chi connectivity index (χ1v) is 9.99. The number of likely N-dealkylation sites (tertiary alicyclic amines) is 1. The van der Waals surface area contributed by atoms with Crippen molar-refractivity contribution in [1.82, 2.24) is 9.62 Å². The molecule has 2 aliphatic rings. The Balaban J connectivity index is 1.60. The zero-order valence-electron chi connectivity index (χ0n) is 13.7. The largest absolute Gasteiger partial charge is 0.490 e. The summed E-state index contributed by atoms with van der Waals surface area (Å²) in [5.74, 6) is 0.759. The van der Waals surface area contributed by atoms with E-state index in [1.165, 1.54) is 12.8 Å². The van der Waals surface area contributed by atoms with E-state index in [1.54, 1.807) is 24.3 Å². The molecule has 128 valence electrons. The maximum atomic E-state index is 12.5. The summed E-state index contributed by atoms with van der Waals surface area (Å²) in [4.78, 5) is 2.54. The summed E-state index contributed by atoms with van der Waals surface area (Å²) in [5, 5.41) is 0. The van der Waals surface area contributed by atoms with Crippen molar-refractivity contribution in [3.05, 3.63) is 24.3 Å². The van der Waals surface area contributed by atoms with Gasteiger partial charge in [0.1, 0.15) is 5.75 Å². The third kappa shape index (κ3) is 4.46. The summed E-state index contributed by atoms with van der Waals surface area (Å²) in [7, 11) is -1.38. The maximum Gasteiger partial charge on any atom is 0.240 e. The summed E-state index contributed by atoms with van der Waals surface area (Å²) in [5.41, 5.74) is 0. The Morgan fingerprint density at radius 1 is 1.04 bits per heavy atom. The summed E-state index contributed by atoms with van der Waals surface area (Å²) in [6.07, 6.45) is 6.64. The minimum atomic E-state index is -3.45. The third-order valence-corrected chi connectivity index (χ3v) is 6.32. The molecule has 3 rings (SSSR count). The van der Waals surface area contributed by atoms with Gasteiger partial charge in [-0.15, -0.1) is 0 Å². The van der Waals surface area contributed by atoms with E-state index in [0.717, 1.165) is 44.5 Å². The first-order chi connectivity index (χ1) is 11.0. The van der Waals surface area contributed by atoms with Crippen molar-refractivity contribution in [3.63, 3.8) is 0 Å². The number of benzene rings is 1. The second-order valence-corrected chi connectivity index (χ2v) is 8.41. The molecule has 0 bridgehead atoms. The van der Waals surface area contributed by atoms with Crippen molar-refractivity contribution in [3.8, 4) is 5.75 Å². The molecule has 0 unspecified atom stereocenters. The van der Waals surface area contributed by atoms with Crippen LogP contribution in [0.1, 0.15) is 38.5 Å². The van der Waals surface area contributed by atoms with Crippen LogP contribution >= 0.6 is 0 Å². The maximum absolute atomic E-state index is 12.5. The summed E-state index contributed by atoms with van der Waals surface area (Å²) in [6, 6.07) is 6.84. The zero-order valence-corrected chi connectivity index (χ0v) is 14.5. The van der Waals surface area contributed by atoms with Crippen molar-refractivity contribution in [2.75, 3.05) is 20.1 Å². The third-order valence-electron chi connectivity index (χ3n) is 4.78. The molecule has 2 fully saturated rings. The van der Waals surface area contributed by atoms with Crippen molar-refractivity contribution < 1.29 is 13.2 Å². The Kier molecular flexibility index (Phi) is 5.24. The van der Waals surface area contributed by atoms with Crippen molar-refractivity contribution in [2.24, 2.45) is 0 Å². The van der Waals surface area contributed by atoms with Gasteiger partial charge in [-0.3, -0.25) is 0 Å². The fourth-order valence-electron chi connectivity index (χ4n) is 3.31. The first-order valence-electron chi connectivity index (χ1n) is 8.50. The van der Waals surface area contributed by atoms with Crippen molar-refractivity contribution >= 4 is 10.0 Å². The summed E-state index contributed by atoms with van der Waals surface area (Å²) in [6.45, 7) is 1.86. The van der Waals surface area contributed by atoms with Crippen LogP contribution in [0.15, 0.2) is 29.2 Å². The molecule has 0 amide bonds. The molecule has 0 spiro atoms. The van der Waals surface area contributed by atoms with E-state index in [4.69, 9.17) is 4.74 Å². The number of piperidine rings is 1. The molecular formula is C17H26N2O3S. The van der Waals surface area contributed by atoms with E-state index >= 15 is 0 Å². The van der Waals surface area contributed by atoms with Crippen LogP contribution < -0.4 is 9.46 Å². The Labute approximate surface area is 139 Å². The number of nitrogens with zero attached hydrogens (tertiary/aromatic N) is 1. The van der Waals surface area contributed by atoms with E-state index in [9.17, 15) is 8.42 Å². The Morgan fingerprint density at radius 2 is 1.65 bits per heavy atom. The number of nitrogens with one attached hydrogen (secondary N) is 1. The molecule has 6 heteroatoms. The Bertz CT molecular complexity index is 601. The van der Waals surface area contributed by atoms with Crippen LogP contribution in [0.25, 0.3) is 0 Å². The fraction of sp³-hybridized carbons (Fsp3) is 0.647. The van der Waals surface area contributed by atoms with Gasteiger partial charge >= 0.3 is 0 Å². The van der Waals surface area contributed by atoms with Gasteiger partial charge in [-0.05, 0) is 82.9 Å². The van der Waals surface area contributed by atoms with Gasteiger partial charge in [-0.2, -0.15) is 0 Å². The molecule has 5 nitrogen and oxygen atoms in total. The average molecular weight is 338 g/mol. The fourth-order valence-corrected chi connectivity index (χ4v) is 4.61. The van der Waals surface area contributed by atoms with Crippen LogP contribution in [0.5, 0.6) is 5.75 Å². The van der Waals surface area contributed by atoms with Gasteiger partial charge < -0.3 is 9.64 Å². The number of hydrogen-bond acceptors (Lipinski definition) is 4. The van der Waals surface area contributed by atoms with Gasteiger partial charge in [0.2, 0.25) is 10.0 Å². The van der Waals surface area contributed by atoms with E-state index in [2.05, 4.69) is 16.7 Å². The predicted molar refractivity (Wildman–Crippen MR) is 90.2 cm³/mol. The molecule has 0 aromatic heterocycles. The van der Waals surface area contributed by atoms with Gasteiger partial charge in [0, 0.05) is 6.04 Å². The van der Waals surface area contributed by atoms with Gasteiger partial charge in [-0.1, -0.05) is 0 Å². The molecule has 23 heavy (non-hydrogen) atoms. The zero-order chi connectivity index (χ0) is 16.3. The van der Waals surface area contributed by atoms with Gasteiger partial charge in [0.05, 0.1) is 11.0 Å². The normalized spacial score (nSPS) is 21.6. The highest BCUT2D eigenvalue weighted by atomic mass is 32.2. The second-order valence-electron chi connectivity index (χ2n) is 6.69. The molecule has 0 atom stereocenters. The highest BCUT2D eigenvalue weighted by molar-refractivity contribution is 7.89. The first kappa shape index (κ1) is 16.7. The number of ether oxygens (including phenoxy) is 1. The molecule has 1 N–H and O–H groups in total. The van der Waals surface area contributed by atoms with Crippen molar-refractivity contribution in [1.29, 1.82) is 0 Å². The van der Waals surface area contributed by atoms with Crippen LogP contribution in [-0.4, -0.2) is 45.6 Å². The van der Waals surface area contributed by atoms with Crippen LogP contribution in [-0.2, 0) is 10.0 Å². The lowest BCUT2D eigenvalue weighted by atomic mass is 10.1. The van der Waals surface area contributed by atoms with Crippen LogP contribution in [0.4, 0.5) is 0 Å². The SMILES string of the molecule is CN1CCC(NS(=O)(=O)c2ccc(OC3CCCC3)cc2)CC1. The van der Waals surface area contributed by atoms with Crippen LogP contribution in [0.2, 0.25) is 0 Å². The van der Waals surface area contributed by atoms with Gasteiger partial charge in [0.15, 0.2) is 0 Å². The summed E-state index contributed by atoms with van der Waals surface area (Å²) < 4.78 is 33.7. The van der Waals surface area contributed by atoms with Gasteiger partial charge in [-0.25, -0.2) is 13.1 Å². The van der Waals surface area contributed by atoms with Crippen LogP contribution in [0, 0.1) is 0 Å². The molecular weight excluding hydrogens is 312 g/mol. The lowest BCUT2D eigenvalue weighted by Gasteiger charge is -2.29. The van der Waals surface area contributed by atoms with E-state index in [-0.39, 0.29) is 12.1 Å². The highest BCUT2D eigenvalue weighted by Gasteiger charge is 2.23. The number of hydrogen-bond donors (Lipinski definition) is 1. The smallest absolute Gasteiger partial charge is 0.240 e. The number of rotatable bonds is 5. The predicted octanol–water partition coefficient (Wildman–Crippen LogP) is 2.38. The molecule has 1 aliphatic carbocycles. The Morgan fingerprint density at radius 3 is 2.26 bits per heavy atom. The number of sulfonamides is 1. The second kappa shape index (κ2) is 7.20. The van der Waals surface area contributed by atoms with Crippen molar-refractivity contribution in [2.45, 2.75) is 55.6 Å². The van der Waals surface area contributed by atoms with Crippen LogP contribution in [0.3, 0.4) is 0 Å². The molecule has 1 heterocycles. The standard InChI is InChI=1S/C17H26N2O3S/c1-19-12-10-14(11-13-19)18-23(20,21)17-8-6-16(7-9-17)22-15-4-2-3-5-15/h6-9,14-15,18H,2-5,10-13H2,1H3. The molecule has 1 saturated carbocycles. The van der Waals surface area contributed by atoms with E-state index in [1.807, 2.05) is 0 Å². The van der Waals surface area contributed by atoms with Gasteiger partial charge in [0.25, 0.3) is 0 Å². The lowest BCUT2D eigenvalue weighted by molar-refractivity contribution is 0.210.